The fourth-order valence-corrected chi connectivity index (χ4v) is 3.69. The Labute approximate surface area is 184 Å². The molecule has 0 aliphatic carbocycles. The predicted molar refractivity (Wildman–Crippen MR) is 124 cm³/mol. The van der Waals surface area contributed by atoms with Crippen LogP contribution in [-0.4, -0.2) is 36.4 Å². The Morgan fingerprint density at radius 2 is 1.97 bits per heavy atom. The number of amides is 2. The van der Waals surface area contributed by atoms with E-state index in [0.29, 0.717) is 19.7 Å². The van der Waals surface area contributed by atoms with E-state index in [1.165, 1.54) is 6.08 Å². The Bertz CT molecular complexity index is 908. The molecular formula is C25H31N3O3. The molecule has 2 aromatic carbocycles. The number of anilines is 1. The van der Waals surface area contributed by atoms with Crippen molar-refractivity contribution in [2.75, 3.05) is 25.0 Å². The Balaban J connectivity index is 1.59. The maximum Gasteiger partial charge on any atom is 0.248 e. The molecule has 1 fully saturated rings. The number of hydrogen-bond donors (Lipinski definition) is 2. The molecule has 0 saturated carbocycles. The molecule has 2 amide bonds. The van der Waals surface area contributed by atoms with Crippen molar-refractivity contribution in [3.8, 4) is 5.75 Å². The Morgan fingerprint density at radius 3 is 2.71 bits per heavy atom. The third kappa shape index (κ3) is 6.96. The van der Waals surface area contributed by atoms with Gasteiger partial charge in [0, 0.05) is 24.9 Å². The van der Waals surface area contributed by atoms with Gasteiger partial charge in [-0.1, -0.05) is 37.3 Å². The number of carbonyl (C=O) groups is 2. The van der Waals surface area contributed by atoms with Crippen LogP contribution in [-0.2, 0) is 16.1 Å². The maximum atomic E-state index is 12.5. The van der Waals surface area contributed by atoms with Crippen molar-refractivity contribution >= 4 is 23.6 Å². The van der Waals surface area contributed by atoms with Crippen LogP contribution in [0.1, 0.15) is 37.3 Å². The molecule has 31 heavy (non-hydrogen) atoms. The van der Waals surface area contributed by atoms with Crippen molar-refractivity contribution < 1.29 is 14.3 Å². The minimum absolute atomic E-state index is 0.0998. The third-order valence-corrected chi connectivity index (χ3v) is 5.36. The van der Waals surface area contributed by atoms with Crippen LogP contribution < -0.4 is 15.8 Å². The maximum absolute atomic E-state index is 12.5. The van der Waals surface area contributed by atoms with Crippen molar-refractivity contribution in [3.05, 3.63) is 65.7 Å². The summed E-state index contributed by atoms with van der Waals surface area (Å²) in [5.41, 5.74) is 8.22. The van der Waals surface area contributed by atoms with E-state index in [-0.39, 0.29) is 17.7 Å². The molecular weight excluding hydrogens is 390 g/mol. The molecule has 2 aromatic rings. The zero-order chi connectivity index (χ0) is 22.1. The van der Waals surface area contributed by atoms with Gasteiger partial charge in [-0.3, -0.25) is 14.5 Å². The van der Waals surface area contributed by atoms with Crippen molar-refractivity contribution in [1.82, 2.24) is 4.90 Å². The Hall–Kier alpha value is -3.12. The smallest absolute Gasteiger partial charge is 0.248 e. The lowest BCUT2D eigenvalue weighted by Crippen LogP contribution is -2.40. The number of hydrogen-bond acceptors (Lipinski definition) is 4. The first-order valence-corrected chi connectivity index (χ1v) is 10.9. The molecule has 3 rings (SSSR count). The average Bonchev–Trinajstić information content (AvgIpc) is 2.78. The first-order valence-electron chi connectivity index (χ1n) is 10.9. The monoisotopic (exact) mass is 421 g/mol. The summed E-state index contributed by atoms with van der Waals surface area (Å²) in [6.45, 7) is 5.01. The zero-order valence-electron chi connectivity index (χ0n) is 18.0. The van der Waals surface area contributed by atoms with Gasteiger partial charge in [0.15, 0.2) is 0 Å². The summed E-state index contributed by atoms with van der Waals surface area (Å²) in [5, 5.41) is 2.97. The summed E-state index contributed by atoms with van der Waals surface area (Å²) in [7, 11) is 0. The topological polar surface area (TPSA) is 84.7 Å². The van der Waals surface area contributed by atoms with Crippen LogP contribution in [0.25, 0.3) is 6.08 Å². The zero-order valence-corrected chi connectivity index (χ0v) is 18.0. The van der Waals surface area contributed by atoms with E-state index in [9.17, 15) is 9.59 Å². The molecule has 6 heteroatoms. The summed E-state index contributed by atoms with van der Waals surface area (Å²) in [6.07, 6.45) is 6.08. The lowest BCUT2D eigenvalue weighted by molar-refractivity contribution is -0.123. The molecule has 1 atom stereocenters. The molecule has 3 N–H and O–H groups in total. The number of para-hydroxylation sites is 1. The van der Waals surface area contributed by atoms with Crippen LogP contribution in [0.5, 0.6) is 5.75 Å². The molecule has 6 nitrogen and oxygen atoms in total. The quantitative estimate of drug-likeness (QED) is 0.603. The normalized spacial score (nSPS) is 16.9. The molecule has 0 radical (unpaired) electrons. The van der Waals surface area contributed by atoms with E-state index in [1.54, 1.807) is 6.08 Å². The van der Waals surface area contributed by atoms with Crippen LogP contribution >= 0.6 is 0 Å². The van der Waals surface area contributed by atoms with Crippen LogP contribution in [0.4, 0.5) is 5.69 Å². The van der Waals surface area contributed by atoms with Gasteiger partial charge in [-0.25, -0.2) is 0 Å². The van der Waals surface area contributed by atoms with Gasteiger partial charge in [-0.15, -0.1) is 0 Å². The molecule has 0 aromatic heterocycles. The van der Waals surface area contributed by atoms with Crippen LogP contribution in [0.15, 0.2) is 54.6 Å². The van der Waals surface area contributed by atoms with Gasteiger partial charge in [-0.05, 0) is 61.2 Å². The number of nitrogens with one attached hydrogen (secondary N) is 1. The van der Waals surface area contributed by atoms with Gasteiger partial charge in [0.1, 0.15) is 5.75 Å². The largest absolute Gasteiger partial charge is 0.494 e. The minimum atomic E-state index is -0.235. The SMILES string of the molecule is CCCOc1ccc(/C=C/C(=O)Nc2ccccc2CN2CCCC(C(N)=O)C2)cc1. The van der Waals surface area contributed by atoms with Gasteiger partial charge < -0.3 is 15.8 Å². The number of rotatable bonds is 9. The molecule has 1 unspecified atom stereocenters. The highest BCUT2D eigenvalue weighted by Crippen LogP contribution is 2.22. The second-order valence-electron chi connectivity index (χ2n) is 7.87. The first kappa shape index (κ1) is 22.6. The predicted octanol–water partition coefficient (Wildman–Crippen LogP) is 3.82. The average molecular weight is 422 g/mol. The highest BCUT2D eigenvalue weighted by Gasteiger charge is 2.24. The van der Waals surface area contributed by atoms with E-state index >= 15 is 0 Å². The Kier molecular flexibility index (Phi) is 8.24. The number of piperidine rings is 1. The molecule has 1 aliphatic rings. The van der Waals surface area contributed by atoms with Crippen molar-refractivity contribution in [2.45, 2.75) is 32.7 Å². The summed E-state index contributed by atoms with van der Waals surface area (Å²) in [4.78, 5) is 26.2. The van der Waals surface area contributed by atoms with E-state index in [0.717, 1.165) is 48.4 Å². The van der Waals surface area contributed by atoms with E-state index in [2.05, 4.69) is 17.1 Å². The van der Waals surface area contributed by atoms with Gasteiger partial charge in [0.25, 0.3) is 0 Å². The van der Waals surface area contributed by atoms with Gasteiger partial charge in [-0.2, -0.15) is 0 Å². The first-order chi connectivity index (χ1) is 15.0. The van der Waals surface area contributed by atoms with E-state index in [1.807, 2.05) is 48.5 Å². The number of ether oxygens (including phenoxy) is 1. The van der Waals surface area contributed by atoms with Crippen molar-refractivity contribution in [1.29, 1.82) is 0 Å². The fraction of sp³-hybridized carbons (Fsp3) is 0.360. The molecule has 0 spiro atoms. The standard InChI is InChI=1S/C25H31N3O3/c1-2-16-31-22-12-9-19(10-13-22)11-14-24(29)27-23-8-4-3-6-20(23)17-28-15-5-7-21(18-28)25(26)30/h3-4,6,8-14,21H,2,5,7,15-18H2,1H3,(H2,26,30)(H,27,29)/b14-11+. The number of primary amides is 1. The highest BCUT2D eigenvalue weighted by molar-refractivity contribution is 6.02. The second kappa shape index (κ2) is 11.3. The number of nitrogens with two attached hydrogens (primary N) is 1. The molecule has 0 bridgehead atoms. The summed E-state index contributed by atoms with van der Waals surface area (Å²) >= 11 is 0. The van der Waals surface area contributed by atoms with Gasteiger partial charge in [0.05, 0.1) is 12.5 Å². The van der Waals surface area contributed by atoms with Crippen LogP contribution in [0.2, 0.25) is 0 Å². The molecule has 1 heterocycles. The number of likely N-dealkylation sites (tertiary alicyclic amines) is 1. The lowest BCUT2D eigenvalue weighted by atomic mass is 9.97. The number of nitrogens with zero attached hydrogens (tertiary/aromatic N) is 1. The van der Waals surface area contributed by atoms with Crippen molar-refractivity contribution in [2.24, 2.45) is 11.7 Å². The summed E-state index contributed by atoms with van der Waals surface area (Å²) in [5.74, 6) is 0.305. The highest BCUT2D eigenvalue weighted by atomic mass is 16.5. The van der Waals surface area contributed by atoms with E-state index in [4.69, 9.17) is 10.5 Å². The number of carbonyl (C=O) groups excluding carboxylic acids is 2. The van der Waals surface area contributed by atoms with E-state index < -0.39 is 0 Å². The van der Waals surface area contributed by atoms with Crippen LogP contribution in [0.3, 0.4) is 0 Å². The second-order valence-corrected chi connectivity index (χ2v) is 7.87. The molecule has 1 aliphatic heterocycles. The fourth-order valence-electron chi connectivity index (χ4n) is 3.69. The summed E-state index contributed by atoms with van der Waals surface area (Å²) in [6, 6.07) is 15.4. The van der Waals surface area contributed by atoms with Crippen molar-refractivity contribution in [3.63, 3.8) is 0 Å². The lowest BCUT2D eigenvalue weighted by Gasteiger charge is -2.31. The summed E-state index contributed by atoms with van der Waals surface area (Å²) < 4.78 is 5.58. The minimum Gasteiger partial charge on any atom is -0.494 e. The van der Waals surface area contributed by atoms with Gasteiger partial charge in [0.2, 0.25) is 11.8 Å². The Morgan fingerprint density at radius 1 is 1.19 bits per heavy atom. The van der Waals surface area contributed by atoms with Crippen LogP contribution in [0, 0.1) is 5.92 Å². The third-order valence-electron chi connectivity index (χ3n) is 5.36. The number of benzene rings is 2. The molecule has 1 saturated heterocycles. The molecule has 164 valence electrons. The van der Waals surface area contributed by atoms with Gasteiger partial charge >= 0.3 is 0 Å².